The van der Waals surface area contributed by atoms with Crippen LogP contribution in [-0.2, 0) is 11.2 Å². The number of amides is 2. The van der Waals surface area contributed by atoms with Crippen molar-refractivity contribution in [3.8, 4) is 5.75 Å². The van der Waals surface area contributed by atoms with Crippen LogP contribution in [0.3, 0.4) is 0 Å². The number of nitrogens with one attached hydrogen (secondary N) is 2. The van der Waals surface area contributed by atoms with Gasteiger partial charge in [-0.1, -0.05) is 29.0 Å². The molecule has 8 nitrogen and oxygen atoms in total. The van der Waals surface area contributed by atoms with Crippen molar-refractivity contribution in [2.24, 2.45) is 5.10 Å². The highest BCUT2D eigenvalue weighted by Crippen LogP contribution is 2.17. The number of hydrogen-bond acceptors (Lipinski definition) is 7. The minimum absolute atomic E-state index is 0.00894. The number of hydrogen-bond donors (Lipinski definition) is 3. The highest BCUT2D eigenvalue weighted by atomic mass is 32.1. The molecule has 0 radical (unpaired) electrons. The second kappa shape index (κ2) is 8.87. The van der Waals surface area contributed by atoms with Crippen LogP contribution in [0.4, 0.5) is 5.13 Å². The van der Waals surface area contributed by atoms with Crippen molar-refractivity contribution in [3.05, 3.63) is 70.2 Å². The number of carbonyl (C=O) groups is 2. The lowest BCUT2D eigenvalue weighted by atomic mass is 10.1. The van der Waals surface area contributed by atoms with E-state index in [1.54, 1.807) is 24.3 Å². The predicted octanol–water partition coefficient (Wildman–Crippen LogP) is 2.50. The van der Waals surface area contributed by atoms with Gasteiger partial charge >= 0.3 is 0 Å². The molecular formula is C19H17N5O3S. The average molecular weight is 395 g/mol. The zero-order valence-electron chi connectivity index (χ0n) is 14.9. The zero-order chi connectivity index (χ0) is 19.9. The fourth-order valence-electron chi connectivity index (χ4n) is 2.17. The van der Waals surface area contributed by atoms with Crippen LogP contribution in [0, 0.1) is 6.92 Å². The Bertz CT molecular complexity index is 997. The van der Waals surface area contributed by atoms with E-state index in [-0.39, 0.29) is 24.0 Å². The second-order valence-electron chi connectivity index (χ2n) is 5.88. The molecule has 0 unspecified atom stereocenters. The SMILES string of the molecule is Cc1ccc(C(=O)Nc2nnc(CC(=O)N/N=C\c3ccc(O)cc3)s2)cc1. The van der Waals surface area contributed by atoms with Crippen molar-refractivity contribution in [2.75, 3.05) is 5.32 Å². The van der Waals surface area contributed by atoms with Gasteiger partial charge in [-0.25, -0.2) is 5.43 Å². The van der Waals surface area contributed by atoms with Gasteiger partial charge in [0.15, 0.2) is 0 Å². The number of carbonyl (C=O) groups excluding carboxylic acids is 2. The maximum absolute atomic E-state index is 12.2. The molecule has 0 spiro atoms. The van der Waals surface area contributed by atoms with Gasteiger partial charge in [0.1, 0.15) is 10.8 Å². The fourth-order valence-corrected chi connectivity index (χ4v) is 2.90. The van der Waals surface area contributed by atoms with E-state index in [0.717, 1.165) is 22.5 Å². The molecule has 28 heavy (non-hydrogen) atoms. The lowest BCUT2D eigenvalue weighted by Gasteiger charge is -2.01. The van der Waals surface area contributed by atoms with E-state index in [2.05, 4.69) is 26.0 Å². The number of benzene rings is 2. The van der Waals surface area contributed by atoms with Gasteiger partial charge in [0.2, 0.25) is 11.0 Å². The van der Waals surface area contributed by atoms with E-state index < -0.39 is 0 Å². The van der Waals surface area contributed by atoms with Crippen LogP contribution in [0.25, 0.3) is 0 Å². The summed E-state index contributed by atoms with van der Waals surface area (Å²) in [7, 11) is 0. The highest BCUT2D eigenvalue weighted by Gasteiger charge is 2.12. The third kappa shape index (κ3) is 5.45. The summed E-state index contributed by atoms with van der Waals surface area (Å²) >= 11 is 1.12. The molecule has 2 aromatic carbocycles. The Hall–Kier alpha value is -3.59. The summed E-state index contributed by atoms with van der Waals surface area (Å²) in [6.07, 6.45) is 1.45. The molecule has 0 atom stereocenters. The van der Waals surface area contributed by atoms with Crippen LogP contribution >= 0.6 is 11.3 Å². The second-order valence-corrected chi connectivity index (χ2v) is 6.94. The molecule has 0 saturated carbocycles. The van der Waals surface area contributed by atoms with Crippen molar-refractivity contribution in [2.45, 2.75) is 13.3 Å². The largest absolute Gasteiger partial charge is 0.508 e. The van der Waals surface area contributed by atoms with Gasteiger partial charge in [0.05, 0.1) is 12.6 Å². The standard InChI is InChI=1S/C19H17N5O3S/c1-12-2-6-14(7-3-12)18(27)21-19-24-23-17(28-19)10-16(26)22-20-11-13-4-8-15(25)9-5-13/h2-9,11,25H,10H2,1H3,(H,22,26)(H,21,24,27)/b20-11-. The molecule has 0 aliphatic rings. The van der Waals surface area contributed by atoms with Crippen LogP contribution in [-0.4, -0.2) is 33.3 Å². The first-order valence-electron chi connectivity index (χ1n) is 8.31. The Morgan fingerprint density at radius 3 is 2.54 bits per heavy atom. The minimum atomic E-state index is -0.359. The van der Waals surface area contributed by atoms with Gasteiger partial charge in [-0.3, -0.25) is 14.9 Å². The first-order valence-corrected chi connectivity index (χ1v) is 9.12. The highest BCUT2D eigenvalue weighted by molar-refractivity contribution is 7.15. The van der Waals surface area contributed by atoms with E-state index in [1.165, 1.54) is 18.3 Å². The molecule has 2 amide bonds. The van der Waals surface area contributed by atoms with Gasteiger partial charge in [0.25, 0.3) is 5.91 Å². The third-order valence-corrected chi connectivity index (χ3v) is 4.45. The van der Waals surface area contributed by atoms with Crippen LogP contribution in [0.5, 0.6) is 5.75 Å². The number of aromatic nitrogens is 2. The van der Waals surface area contributed by atoms with E-state index in [9.17, 15) is 14.7 Å². The normalized spacial score (nSPS) is 10.8. The van der Waals surface area contributed by atoms with E-state index in [1.807, 2.05) is 19.1 Å². The molecule has 3 N–H and O–H groups in total. The molecule has 9 heteroatoms. The fraction of sp³-hybridized carbons (Fsp3) is 0.105. The lowest BCUT2D eigenvalue weighted by Crippen LogP contribution is -2.19. The number of aryl methyl sites for hydroxylation is 1. The molecule has 0 saturated heterocycles. The Kier molecular flexibility index (Phi) is 6.07. The van der Waals surface area contributed by atoms with Crippen molar-refractivity contribution < 1.29 is 14.7 Å². The van der Waals surface area contributed by atoms with Crippen molar-refractivity contribution >= 4 is 34.5 Å². The summed E-state index contributed by atoms with van der Waals surface area (Å²) in [4.78, 5) is 24.1. The van der Waals surface area contributed by atoms with Crippen molar-refractivity contribution in [3.63, 3.8) is 0 Å². The summed E-state index contributed by atoms with van der Waals surface area (Å²) in [5.41, 5.74) is 4.71. The molecular weight excluding hydrogens is 378 g/mol. The smallest absolute Gasteiger partial charge is 0.257 e. The van der Waals surface area contributed by atoms with Gasteiger partial charge in [-0.15, -0.1) is 10.2 Å². The summed E-state index contributed by atoms with van der Waals surface area (Å²) in [6, 6.07) is 13.5. The van der Waals surface area contributed by atoms with Crippen molar-refractivity contribution in [1.29, 1.82) is 0 Å². The lowest BCUT2D eigenvalue weighted by molar-refractivity contribution is -0.120. The Morgan fingerprint density at radius 1 is 1.11 bits per heavy atom. The summed E-state index contributed by atoms with van der Waals surface area (Å²) in [6.45, 7) is 1.94. The first-order chi connectivity index (χ1) is 13.5. The van der Waals surface area contributed by atoms with E-state index in [0.29, 0.717) is 15.7 Å². The van der Waals surface area contributed by atoms with E-state index in [4.69, 9.17) is 0 Å². The number of phenols is 1. The molecule has 3 aromatic rings. The Labute approximate surface area is 165 Å². The molecule has 0 fully saturated rings. The number of aromatic hydroxyl groups is 1. The van der Waals surface area contributed by atoms with Gasteiger partial charge in [-0.05, 0) is 48.9 Å². The first kappa shape index (κ1) is 19.2. The van der Waals surface area contributed by atoms with E-state index >= 15 is 0 Å². The predicted molar refractivity (Wildman–Crippen MR) is 107 cm³/mol. The van der Waals surface area contributed by atoms with Gasteiger partial charge in [-0.2, -0.15) is 5.10 Å². The maximum atomic E-state index is 12.2. The molecule has 142 valence electrons. The summed E-state index contributed by atoms with van der Waals surface area (Å²) < 4.78 is 0. The van der Waals surface area contributed by atoms with Crippen LogP contribution in [0.15, 0.2) is 53.6 Å². The Morgan fingerprint density at radius 2 is 1.82 bits per heavy atom. The molecule has 1 heterocycles. The summed E-state index contributed by atoms with van der Waals surface area (Å²) in [5.74, 6) is -0.490. The van der Waals surface area contributed by atoms with Crippen LogP contribution in [0.2, 0.25) is 0 Å². The number of rotatable bonds is 6. The molecule has 1 aromatic heterocycles. The number of hydrazone groups is 1. The third-order valence-electron chi connectivity index (χ3n) is 3.61. The van der Waals surface area contributed by atoms with Crippen LogP contribution < -0.4 is 10.7 Å². The quantitative estimate of drug-likeness (QED) is 0.438. The topological polar surface area (TPSA) is 117 Å². The zero-order valence-corrected chi connectivity index (χ0v) is 15.7. The van der Waals surface area contributed by atoms with Crippen molar-refractivity contribution in [1.82, 2.24) is 15.6 Å². The number of anilines is 1. The van der Waals surface area contributed by atoms with Gasteiger partial charge in [0, 0.05) is 5.56 Å². The molecule has 0 aliphatic carbocycles. The van der Waals surface area contributed by atoms with Crippen LogP contribution in [0.1, 0.15) is 26.5 Å². The maximum Gasteiger partial charge on any atom is 0.257 e. The Balaban J connectivity index is 1.50. The monoisotopic (exact) mass is 395 g/mol. The molecule has 0 aliphatic heterocycles. The molecule has 0 bridgehead atoms. The number of phenolic OH excluding ortho intramolecular Hbond substituents is 1. The molecule has 3 rings (SSSR count). The van der Waals surface area contributed by atoms with Gasteiger partial charge < -0.3 is 5.11 Å². The minimum Gasteiger partial charge on any atom is -0.508 e. The summed E-state index contributed by atoms with van der Waals surface area (Å²) in [5, 5.41) is 24.3. The number of nitrogens with zero attached hydrogens (tertiary/aromatic N) is 3. The average Bonchev–Trinajstić information content (AvgIpc) is 3.10.